The first-order valence-corrected chi connectivity index (χ1v) is 7.34. The van der Waals surface area contributed by atoms with Crippen LogP contribution < -0.4 is 4.90 Å². The fourth-order valence-electron chi connectivity index (χ4n) is 2.35. The van der Waals surface area contributed by atoms with Crippen LogP contribution in [-0.4, -0.2) is 59.0 Å². The maximum absolute atomic E-state index is 11.8. The molecule has 0 unspecified atom stereocenters. The number of para-hydroxylation sites is 1. The molecule has 0 saturated carbocycles. The van der Waals surface area contributed by atoms with E-state index in [1.807, 2.05) is 24.3 Å². The van der Waals surface area contributed by atoms with Gasteiger partial charge in [-0.05, 0) is 12.1 Å². The van der Waals surface area contributed by atoms with E-state index >= 15 is 0 Å². The summed E-state index contributed by atoms with van der Waals surface area (Å²) in [5.74, 6) is 0.231. The molecule has 0 amide bonds. The largest absolute Gasteiger partial charge is 0.382 e. The average Bonchev–Trinajstić information content (AvgIpc) is 2.52. The second-order valence-corrected chi connectivity index (χ2v) is 4.89. The molecular weight excluding hydrogens is 270 g/mol. The van der Waals surface area contributed by atoms with Crippen molar-refractivity contribution in [3.8, 4) is 0 Å². The summed E-state index contributed by atoms with van der Waals surface area (Å²) < 4.78 is 15.8. The number of carbonyl (C=O) groups excluding carboxylic acids is 1. The minimum atomic E-state index is 0.231. The van der Waals surface area contributed by atoms with Gasteiger partial charge in [-0.3, -0.25) is 4.79 Å². The van der Waals surface area contributed by atoms with Crippen LogP contribution in [0.15, 0.2) is 24.3 Å². The maximum atomic E-state index is 11.8. The van der Waals surface area contributed by atoms with Gasteiger partial charge in [-0.15, -0.1) is 0 Å². The van der Waals surface area contributed by atoms with E-state index in [0.717, 1.165) is 24.3 Å². The van der Waals surface area contributed by atoms with E-state index in [0.29, 0.717) is 39.5 Å². The Bertz CT molecular complexity index is 450. The highest BCUT2D eigenvalue weighted by atomic mass is 16.5. The number of Topliss-reactive ketones (excluding diaryl/α,β-unsaturated/α-hetero) is 1. The van der Waals surface area contributed by atoms with Crippen molar-refractivity contribution in [2.24, 2.45) is 0 Å². The van der Waals surface area contributed by atoms with Crippen molar-refractivity contribution < 1.29 is 19.0 Å². The number of ether oxygens (including phenoxy) is 3. The lowest BCUT2D eigenvalue weighted by Gasteiger charge is -2.30. The first-order valence-electron chi connectivity index (χ1n) is 7.34. The first-order chi connectivity index (χ1) is 10.3. The molecule has 2 rings (SSSR count). The fourth-order valence-corrected chi connectivity index (χ4v) is 2.35. The molecule has 0 radical (unpaired) electrons. The molecular formula is C16H23NO4. The van der Waals surface area contributed by atoms with E-state index < -0.39 is 0 Å². The normalized spacial score (nSPS) is 14.3. The predicted molar refractivity (Wildman–Crippen MR) is 81.1 cm³/mol. The number of hydrogen-bond donors (Lipinski definition) is 0. The molecule has 0 aromatic heterocycles. The van der Waals surface area contributed by atoms with E-state index in [1.54, 1.807) is 7.11 Å². The fraction of sp³-hybridized carbons (Fsp3) is 0.562. The van der Waals surface area contributed by atoms with Crippen molar-refractivity contribution in [1.82, 2.24) is 0 Å². The van der Waals surface area contributed by atoms with E-state index in [4.69, 9.17) is 14.2 Å². The summed E-state index contributed by atoms with van der Waals surface area (Å²) in [5.41, 5.74) is 1.85. The Morgan fingerprint density at radius 3 is 2.57 bits per heavy atom. The zero-order valence-corrected chi connectivity index (χ0v) is 12.5. The van der Waals surface area contributed by atoms with Crippen LogP contribution in [0.3, 0.4) is 0 Å². The van der Waals surface area contributed by atoms with Gasteiger partial charge < -0.3 is 19.1 Å². The smallest absolute Gasteiger partial charge is 0.166 e. The highest BCUT2D eigenvalue weighted by molar-refractivity contribution is 6.03. The van der Waals surface area contributed by atoms with Crippen LogP contribution in [-0.2, 0) is 14.2 Å². The molecule has 5 nitrogen and oxygen atoms in total. The quantitative estimate of drug-likeness (QED) is 0.649. The molecule has 21 heavy (non-hydrogen) atoms. The third kappa shape index (κ3) is 4.81. The second-order valence-electron chi connectivity index (χ2n) is 4.89. The lowest BCUT2D eigenvalue weighted by molar-refractivity contribution is 0.0264. The highest BCUT2D eigenvalue weighted by Gasteiger charge is 2.21. The van der Waals surface area contributed by atoms with Gasteiger partial charge in [0.1, 0.15) is 0 Å². The summed E-state index contributed by atoms with van der Waals surface area (Å²) in [4.78, 5) is 14.1. The van der Waals surface area contributed by atoms with E-state index in [1.165, 1.54) is 0 Å². The van der Waals surface area contributed by atoms with Crippen molar-refractivity contribution in [2.75, 3.05) is 58.1 Å². The topological polar surface area (TPSA) is 48.0 Å². The summed E-state index contributed by atoms with van der Waals surface area (Å²) >= 11 is 0. The Morgan fingerprint density at radius 1 is 1.05 bits per heavy atom. The number of nitrogens with zero attached hydrogens (tertiary/aromatic N) is 1. The zero-order chi connectivity index (χ0) is 14.9. The van der Waals surface area contributed by atoms with Gasteiger partial charge in [-0.1, -0.05) is 12.1 Å². The summed E-state index contributed by atoms with van der Waals surface area (Å²) in [5, 5.41) is 0. The van der Waals surface area contributed by atoms with Crippen molar-refractivity contribution in [2.45, 2.75) is 6.42 Å². The molecule has 1 aliphatic heterocycles. The van der Waals surface area contributed by atoms with Crippen LogP contribution in [0, 0.1) is 0 Å². The first kappa shape index (κ1) is 15.9. The number of fused-ring (bicyclic) bond motifs is 1. The summed E-state index contributed by atoms with van der Waals surface area (Å²) in [6, 6.07) is 7.78. The van der Waals surface area contributed by atoms with Gasteiger partial charge in [-0.25, -0.2) is 0 Å². The molecule has 0 N–H and O–H groups in total. The van der Waals surface area contributed by atoms with E-state index in [9.17, 15) is 4.79 Å². The number of hydrogen-bond acceptors (Lipinski definition) is 5. The summed E-state index contributed by atoms with van der Waals surface area (Å²) in [7, 11) is 1.65. The Balaban J connectivity index is 1.68. The van der Waals surface area contributed by atoms with Crippen LogP contribution in [0.2, 0.25) is 0 Å². The van der Waals surface area contributed by atoms with Crippen molar-refractivity contribution in [3.63, 3.8) is 0 Å². The molecule has 116 valence electrons. The van der Waals surface area contributed by atoms with Crippen LogP contribution >= 0.6 is 0 Å². The van der Waals surface area contributed by atoms with Crippen LogP contribution in [0.25, 0.3) is 0 Å². The number of carbonyl (C=O) groups is 1. The molecule has 1 aliphatic rings. The van der Waals surface area contributed by atoms with Crippen molar-refractivity contribution >= 4 is 11.5 Å². The minimum absolute atomic E-state index is 0.231. The van der Waals surface area contributed by atoms with Gasteiger partial charge in [0, 0.05) is 37.9 Å². The molecule has 0 fully saturated rings. The average molecular weight is 293 g/mol. The Kier molecular flexibility index (Phi) is 6.66. The van der Waals surface area contributed by atoms with Crippen LogP contribution in [0.4, 0.5) is 5.69 Å². The van der Waals surface area contributed by atoms with Gasteiger partial charge in [0.2, 0.25) is 0 Å². The van der Waals surface area contributed by atoms with Crippen LogP contribution in [0.5, 0.6) is 0 Å². The third-order valence-electron chi connectivity index (χ3n) is 3.46. The number of rotatable bonds is 9. The SMILES string of the molecule is COCCOCCOCCN1CCC(=O)c2ccccc21. The summed E-state index contributed by atoms with van der Waals surface area (Å²) in [6.07, 6.45) is 0.580. The Morgan fingerprint density at radius 2 is 1.76 bits per heavy atom. The Hall–Kier alpha value is -1.43. The van der Waals surface area contributed by atoms with Crippen LogP contribution in [0.1, 0.15) is 16.8 Å². The molecule has 0 saturated heterocycles. The van der Waals surface area contributed by atoms with Gasteiger partial charge in [0.15, 0.2) is 5.78 Å². The van der Waals surface area contributed by atoms with E-state index in [-0.39, 0.29) is 5.78 Å². The minimum Gasteiger partial charge on any atom is -0.382 e. The highest BCUT2D eigenvalue weighted by Crippen LogP contribution is 2.26. The number of anilines is 1. The zero-order valence-electron chi connectivity index (χ0n) is 12.5. The van der Waals surface area contributed by atoms with Gasteiger partial charge >= 0.3 is 0 Å². The monoisotopic (exact) mass is 293 g/mol. The number of methoxy groups -OCH3 is 1. The maximum Gasteiger partial charge on any atom is 0.166 e. The lowest BCUT2D eigenvalue weighted by atomic mass is 10.0. The van der Waals surface area contributed by atoms with Gasteiger partial charge in [0.25, 0.3) is 0 Å². The molecule has 1 aromatic rings. The summed E-state index contributed by atoms with van der Waals surface area (Å²) in [6.45, 7) is 4.57. The van der Waals surface area contributed by atoms with Crippen molar-refractivity contribution in [1.29, 1.82) is 0 Å². The predicted octanol–water partition coefficient (Wildman–Crippen LogP) is 1.76. The molecule has 1 heterocycles. The van der Waals surface area contributed by atoms with E-state index in [2.05, 4.69) is 4.90 Å². The number of benzene rings is 1. The van der Waals surface area contributed by atoms with Gasteiger partial charge in [0.05, 0.1) is 33.0 Å². The molecule has 0 aliphatic carbocycles. The molecule has 0 spiro atoms. The standard InChI is InChI=1S/C16H23NO4/c1-19-10-11-21-13-12-20-9-8-17-7-6-16(18)14-4-2-3-5-15(14)17/h2-5H,6-13H2,1H3. The molecule has 0 bridgehead atoms. The third-order valence-corrected chi connectivity index (χ3v) is 3.46. The molecule has 1 aromatic carbocycles. The molecule has 0 atom stereocenters. The Labute approximate surface area is 125 Å². The van der Waals surface area contributed by atoms with Crippen molar-refractivity contribution in [3.05, 3.63) is 29.8 Å². The molecule has 5 heteroatoms. The van der Waals surface area contributed by atoms with Gasteiger partial charge in [-0.2, -0.15) is 0 Å². The lowest BCUT2D eigenvalue weighted by Crippen LogP contribution is -2.34. The second kappa shape index (κ2) is 8.77. The number of ketones is 1.